The molecule has 1 N–H and O–H groups in total. The second-order valence-electron chi connectivity index (χ2n) is 7.13. The molecule has 1 aromatic carbocycles. The summed E-state index contributed by atoms with van der Waals surface area (Å²) >= 11 is 4.55. The van der Waals surface area contributed by atoms with Crippen molar-refractivity contribution in [1.82, 2.24) is 4.98 Å². The molecule has 0 unspecified atom stereocenters. The Balaban J connectivity index is 1.49. The van der Waals surface area contributed by atoms with Crippen molar-refractivity contribution in [1.29, 1.82) is 0 Å². The van der Waals surface area contributed by atoms with Crippen LogP contribution in [0, 0.1) is 0 Å². The smallest absolute Gasteiger partial charge is 0.341 e. The van der Waals surface area contributed by atoms with Gasteiger partial charge in [-0.05, 0) is 50.3 Å². The lowest BCUT2D eigenvalue weighted by molar-refractivity contribution is -0.113. The minimum atomic E-state index is -0.329. The maximum absolute atomic E-state index is 12.7. The van der Waals surface area contributed by atoms with Gasteiger partial charge in [-0.25, -0.2) is 9.78 Å². The predicted molar refractivity (Wildman–Crippen MR) is 125 cm³/mol. The van der Waals surface area contributed by atoms with Gasteiger partial charge in [-0.1, -0.05) is 36.7 Å². The number of ether oxygens (including phenoxy) is 1. The van der Waals surface area contributed by atoms with Crippen LogP contribution in [0.2, 0.25) is 0 Å². The number of hydrogen-bond donors (Lipinski definition) is 1. The molecule has 1 aliphatic carbocycles. The monoisotopic (exact) mass is 460 g/mol. The number of anilines is 1. The van der Waals surface area contributed by atoms with E-state index in [4.69, 9.17) is 4.74 Å². The number of amides is 1. The van der Waals surface area contributed by atoms with Crippen molar-refractivity contribution in [3.05, 3.63) is 40.3 Å². The number of carbonyl (C=O) groups excluding carboxylic acids is 2. The Morgan fingerprint density at radius 1 is 1.13 bits per heavy atom. The number of rotatable bonds is 6. The number of nitrogens with one attached hydrogen (secondary N) is 1. The number of hydrogen-bond acceptors (Lipinski definition) is 7. The number of aryl methyl sites for hydroxylation is 1. The number of esters is 1. The van der Waals surface area contributed by atoms with Crippen LogP contribution < -0.4 is 5.32 Å². The Morgan fingerprint density at radius 2 is 1.93 bits per heavy atom. The van der Waals surface area contributed by atoms with Gasteiger partial charge in [0.05, 0.1) is 28.1 Å². The summed E-state index contributed by atoms with van der Waals surface area (Å²) < 4.78 is 7.30. The highest BCUT2D eigenvalue weighted by molar-refractivity contribution is 8.01. The van der Waals surface area contributed by atoms with Crippen LogP contribution in [0.1, 0.15) is 53.4 Å². The molecule has 0 fully saturated rings. The topological polar surface area (TPSA) is 68.3 Å². The van der Waals surface area contributed by atoms with Crippen molar-refractivity contribution in [3.63, 3.8) is 0 Å². The van der Waals surface area contributed by atoms with Crippen molar-refractivity contribution < 1.29 is 14.3 Å². The van der Waals surface area contributed by atoms with E-state index in [0.717, 1.165) is 45.8 Å². The zero-order valence-electron chi connectivity index (χ0n) is 16.9. The Bertz CT molecular complexity index is 1020. The van der Waals surface area contributed by atoms with Gasteiger partial charge in [-0.15, -0.1) is 22.7 Å². The summed E-state index contributed by atoms with van der Waals surface area (Å²) in [5, 5.41) is 3.62. The summed E-state index contributed by atoms with van der Waals surface area (Å²) in [6, 6.07) is 7.96. The lowest BCUT2D eigenvalue weighted by atomic mass is 9.96. The summed E-state index contributed by atoms with van der Waals surface area (Å²) in [6.45, 7) is 2.13. The van der Waals surface area contributed by atoms with E-state index in [1.165, 1.54) is 40.8 Å². The van der Waals surface area contributed by atoms with Crippen molar-refractivity contribution >= 4 is 61.5 Å². The highest BCUT2D eigenvalue weighted by Gasteiger charge is 2.26. The minimum absolute atomic E-state index is 0.126. The molecule has 158 valence electrons. The molecule has 0 aliphatic heterocycles. The summed E-state index contributed by atoms with van der Waals surface area (Å²) in [6.07, 6.45) is 6.41. The quantitative estimate of drug-likeness (QED) is 0.365. The number of benzene rings is 1. The molecule has 5 nitrogen and oxygen atoms in total. The molecule has 0 atom stereocenters. The van der Waals surface area contributed by atoms with Crippen molar-refractivity contribution in [2.75, 3.05) is 17.7 Å². The molecule has 3 aromatic rings. The van der Waals surface area contributed by atoms with E-state index < -0.39 is 0 Å². The predicted octanol–water partition coefficient (Wildman–Crippen LogP) is 5.92. The van der Waals surface area contributed by atoms with Gasteiger partial charge in [0.15, 0.2) is 4.34 Å². The van der Waals surface area contributed by atoms with Crippen molar-refractivity contribution in [2.45, 2.75) is 49.8 Å². The van der Waals surface area contributed by atoms with Crippen LogP contribution in [0.5, 0.6) is 0 Å². The fraction of sp³-hybridized carbons (Fsp3) is 0.409. The Kier molecular flexibility index (Phi) is 7.07. The van der Waals surface area contributed by atoms with E-state index in [1.807, 2.05) is 24.3 Å². The maximum atomic E-state index is 12.7. The first-order valence-corrected chi connectivity index (χ1v) is 12.9. The van der Waals surface area contributed by atoms with Crippen LogP contribution in [0.3, 0.4) is 0 Å². The Hall–Kier alpha value is -1.90. The van der Waals surface area contributed by atoms with E-state index in [9.17, 15) is 9.59 Å². The molecule has 0 saturated heterocycles. The van der Waals surface area contributed by atoms with Crippen molar-refractivity contribution in [3.8, 4) is 0 Å². The minimum Gasteiger partial charge on any atom is -0.462 e. The van der Waals surface area contributed by atoms with Gasteiger partial charge in [0.1, 0.15) is 5.00 Å². The van der Waals surface area contributed by atoms with Crippen LogP contribution in [0.4, 0.5) is 5.00 Å². The van der Waals surface area contributed by atoms with Gasteiger partial charge in [-0.3, -0.25) is 4.79 Å². The molecular weight excluding hydrogens is 436 g/mol. The number of para-hydroxylation sites is 1. The summed E-state index contributed by atoms with van der Waals surface area (Å²) in [5.41, 5.74) is 2.59. The Morgan fingerprint density at radius 3 is 2.73 bits per heavy atom. The third-order valence-corrected chi connectivity index (χ3v) is 8.39. The number of aromatic nitrogens is 1. The highest BCUT2D eigenvalue weighted by atomic mass is 32.2. The second-order valence-corrected chi connectivity index (χ2v) is 10.5. The molecule has 1 amide bonds. The lowest BCUT2D eigenvalue weighted by Crippen LogP contribution is -2.17. The van der Waals surface area contributed by atoms with Crippen LogP contribution in [-0.2, 0) is 22.4 Å². The van der Waals surface area contributed by atoms with E-state index in [1.54, 1.807) is 18.3 Å². The van der Waals surface area contributed by atoms with Crippen LogP contribution in [0.25, 0.3) is 10.2 Å². The number of nitrogens with zero attached hydrogens (tertiary/aromatic N) is 1. The van der Waals surface area contributed by atoms with Gasteiger partial charge < -0.3 is 10.1 Å². The molecule has 2 aromatic heterocycles. The SMILES string of the molecule is CCOC(=O)c1c(NC(=O)CSc2nc3ccccc3s2)sc2c1CCCCCC2. The zero-order chi connectivity index (χ0) is 20.9. The first-order chi connectivity index (χ1) is 14.7. The zero-order valence-corrected chi connectivity index (χ0v) is 19.3. The molecule has 0 saturated carbocycles. The van der Waals surface area contributed by atoms with Crippen molar-refractivity contribution in [2.24, 2.45) is 0 Å². The molecule has 4 rings (SSSR count). The van der Waals surface area contributed by atoms with Gasteiger partial charge in [0.2, 0.25) is 5.91 Å². The number of thioether (sulfide) groups is 1. The number of fused-ring (bicyclic) bond motifs is 2. The highest BCUT2D eigenvalue weighted by Crippen LogP contribution is 2.38. The maximum Gasteiger partial charge on any atom is 0.341 e. The standard InChI is InChI=1S/C22H24N2O3S3/c1-2-27-21(26)19-14-9-5-3-4-6-11-16(14)29-20(19)24-18(25)13-28-22-23-15-10-7-8-12-17(15)30-22/h7-8,10,12H,2-6,9,11,13H2,1H3,(H,24,25). The molecule has 2 heterocycles. The average molecular weight is 461 g/mol. The van der Waals surface area contributed by atoms with Crippen LogP contribution in [0.15, 0.2) is 28.6 Å². The molecule has 8 heteroatoms. The largest absolute Gasteiger partial charge is 0.462 e. The number of carbonyl (C=O) groups is 2. The van der Waals surface area contributed by atoms with E-state index in [2.05, 4.69) is 10.3 Å². The molecule has 0 spiro atoms. The summed E-state index contributed by atoms with van der Waals surface area (Å²) in [7, 11) is 0. The van der Waals surface area contributed by atoms with Gasteiger partial charge in [0, 0.05) is 4.88 Å². The van der Waals surface area contributed by atoms with Gasteiger partial charge in [-0.2, -0.15) is 0 Å². The van der Waals surface area contributed by atoms with Crippen LogP contribution in [-0.4, -0.2) is 29.2 Å². The summed E-state index contributed by atoms with van der Waals surface area (Å²) in [4.78, 5) is 31.1. The van der Waals surface area contributed by atoms with Crippen LogP contribution >= 0.6 is 34.4 Å². The molecule has 0 radical (unpaired) electrons. The first-order valence-electron chi connectivity index (χ1n) is 10.3. The third kappa shape index (κ3) is 4.87. The molecular formula is C22H24N2O3S3. The molecule has 0 bridgehead atoms. The van der Waals surface area contributed by atoms with E-state index in [-0.39, 0.29) is 17.6 Å². The molecule has 30 heavy (non-hydrogen) atoms. The van der Waals surface area contributed by atoms with E-state index >= 15 is 0 Å². The second kappa shape index (κ2) is 9.94. The fourth-order valence-electron chi connectivity index (χ4n) is 3.63. The first kappa shape index (κ1) is 21.3. The lowest BCUT2D eigenvalue weighted by Gasteiger charge is -2.11. The Labute approximate surface area is 188 Å². The fourth-order valence-corrected chi connectivity index (χ4v) is 6.79. The average Bonchev–Trinajstić information content (AvgIpc) is 3.27. The molecule has 1 aliphatic rings. The third-order valence-electron chi connectivity index (χ3n) is 5.00. The van der Waals surface area contributed by atoms with E-state index in [0.29, 0.717) is 17.2 Å². The number of thiazole rings is 1. The normalized spacial score (nSPS) is 14.0. The number of thiophene rings is 1. The van der Waals surface area contributed by atoms with Gasteiger partial charge >= 0.3 is 5.97 Å². The summed E-state index contributed by atoms with van der Waals surface area (Å²) in [5.74, 6) is -0.200. The van der Waals surface area contributed by atoms with Gasteiger partial charge in [0.25, 0.3) is 0 Å².